The molecule has 2 heterocycles. The molecule has 0 amide bonds. The predicted molar refractivity (Wildman–Crippen MR) is 91.7 cm³/mol. The summed E-state index contributed by atoms with van der Waals surface area (Å²) in [6.07, 6.45) is 3.88. The van der Waals surface area contributed by atoms with Gasteiger partial charge < -0.3 is 5.73 Å². The van der Waals surface area contributed by atoms with Crippen LogP contribution in [0.3, 0.4) is 0 Å². The lowest BCUT2D eigenvalue weighted by molar-refractivity contribution is 0.176. The second kappa shape index (κ2) is 6.97. The van der Waals surface area contributed by atoms with Gasteiger partial charge in [0.1, 0.15) is 0 Å². The Morgan fingerprint density at radius 1 is 1.29 bits per heavy atom. The Kier molecular flexibility index (Phi) is 5.23. The summed E-state index contributed by atoms with van der Waals surface area (Å²) in [7, 11) is 0. The third-order valence-electron chi connectivity index (χ3n) is 4.82. The molecule has 21 heavy (non-hydrogen) atoms. The van der Waals surface area contributed by atoms with Crippen molar-refractivity contribution < 1.29 is 0 Å². The molecule has 1 aromatic carbocycles. The summed E-state index contributed by atoms with van der Waals surface area (Å²) < 4.78 is 1.07. The maximum atomic E-state index is 6.43. The van der Waals surface area contributed by atoms with Gasteiger partial charge in [0.15, 0.2) is 0 Å². The first kappa shape index (κ1) is 15.8. The van der Waals surface area contributed by atoms with Crippen LogP contribution in [0, 0.1) is 0 Å². The van der Waals surface area contributed by atoms with Crippen molar-refractivity contribution >= 4 is 27.5 Å². The lowest BCUT2D eigenvalue weighted by Gasteiger charge is -2.33. The highest BCUT2D eigenvalue weighted by atomic mass is 79.9. The summed E-state index contributed by atoms with van der Waals surface area (Å²) in [5.74, 6) is 0. The first-order valence-corrected chi connectivity index (χ1v) is 8.99. The highest BCUT2D eigenvalue weighted by Crippen LogP contribution is 2.32. The average molecular weight is 373 g/mol. The zero-order valence-electron chi connectivity index (χ0n) is 12.3. The van der Waals surface area contributed by atoms with Crippen molar-refractivity contribution in [3.05, 3.63) is 33.3 Å². The minimum absolute atomic E-state index is 0.218. The van der Waals surface area contributed by atoms with Crippen molar-refractivity contribution in [3.8, 4) is 0 Å². The number of nitrogens with zero attached hydrogens (tertiary/aromatic N) is 2. The van der Waals surface area contributed by atoms with E-state index in [9.17, 15) is 0 Å². The van der Waals surface area contributed by atoms with Gasteiger partial charge in [0, 0.05) is 41.2 Å². The van der Waals surface area contributed by atoms with Crippen LogP contribution in [-0.4, -0.2) is 48.6 Å². The fourth-order valence-electron chi connectivity index (χ4n) is 3.76. The quantitative estimate of drug-likeness (QED) is 0.884. The second-order valence-corrected chi connectivity index (χ2v) is 7.42. The lowest BCUT2D eigenvalue weighted by Crippen LogP contribution is -2.40. The lowest BCUT2D eigenvalue weighted by atomic mass is 10.0. The molecular weight excluding hydrogens is 350 g/mol. The average Bonchev–Trinajstić information content (AvgIpc) is 2.81. The fourth-order valence-corrected chi connectivity index (χ4v) is 4.38. The van der Waals surface area contributed by atoms with Gasteiger partial charge in [-0.3, -0.25) is 9.80 Å². The number of rotatable bonds is 3. The van der Waals surface area contributed by atoms with Crippen LogP contribution < -0.4 is 5.73 Å². The van der Waals surface area contributed by atoms with Crippen LogP contribution >= 0.6 is 27.5 Å². The van der Waals surface area contributed by atoms with Crippen LogP contribution in [0.5, 0.6) is 0 Å². The zero-order chi connectivity index (χ0) is 14.8. The second-order valence-electron chi connectivity index (χ2n) is 6.10. The van der Waals surface area contributed by atoms with Crippen molar-refractivity contribution in [3.63, 3.8) is 0 Å². The van der Waals surface area contributed by atoms with E-state index in [1.165, 1.54) is 32.4 Å². The standard InChI is InChI=1S/C16H23BrClN3/c17-12-4-5-15(18)14(9-12)16(10-19)21-8-2-7-20-6-1-3-13(20)11-21/h4-5,9,13,16H,1-3,6-8,10-11,19H2. The number of hydrogen-bond donors (Lipinski definition) is 1. The molecule has 2 atom stereocenters. The van der Waals surface area contributed by atoms with Crippen LogP contribution in [0.15, 0.2) is 22.7 Å². The molecule has 2 fully saturated rings. The smallest absolute Gasteiger partial charge is 0.0486 e. The molecule has 0 saturated carbocycles. The van der Waals surface area contributed by atoms with Crippen molar-refractivity contribution in [2.24, 2.45) is 5.73 Å². The van der Waals surface area contributed by atoms with E-state index in [4.69, 9.17) is 17.3 Å². The van der Waals surface area contributed by atoms with E-state index >= 15 is 0 Å². The number of halogens is 2. The molecule has 2 aliphatic heterocycles. The Morgan fingerprint density at radius 2 is 2.10 bits per heavy atom. The highest BCUT2D eigenvalue weighted by Gasteiger charge is 2.32. The Labute approximate surface area is 140 Å². The van der Waals surface area contributed by atoms with Gasteiger partial charge in [0.05, 0.1) is 0 Å². The first-order chi connectivity index (χ1) is 10.2. The Hall–Kier alpha value is -0.130. The number of hydrogen-bond acceptors (Lipinski definition) is 3. The van der Waals surface area contributed by atoms with Crippen LogP contribution in [0.25, 0.3) is 0 Å². The molecule has 1 aromatic rings. The van der Waals surface area contributed by atoms with Crippen molar-refractivity contribution in [1.82, 2.24) is 9.80 Å². The van der Waals surface area contributed by atoms with Crippen LogP contribution in [-0.2, 0) is 0 Å². The molecule has 3 nitrogen and oxygen atoms in total. The fraction of sp³-hybridized carbons (Fsp3) is 0.625. The Bertz CT molecular complexity index is 496. The zero-order valence-corrected chi connectivity index (χ0v) is 14.6. The van der Waals surface area contributed by atoms with E-state index < -0.39 is 0 Å². The molecule has 5 heteroatoms. The van der Waals surface area contributed by atoms with Gasteiger partial charge in [-0.15, -0.1) is 0 Å². The van der Waals surface area contributed by atoms with Gasteiger partial charge in [0.25, 0.3) is 0 Å². The summed E-state index contributed by atoms with van der Waals surface area (Å²) >= 11 is 9.98. The van der Waals surface area contributed by atoms with E-state index in [-0.39, 0.29) is 6.04 Å². The van der Waals surface area contributed by atoms with E-state index in [1.54, 1.807) is 0 Å². The van der Waals surface area contributed by atoms with E-state index in [0.717, 1.165) is 28.1 Å². The molecule has 0 spiro atoms. The van der Waals surface area contributed by atoms with Gasteiger partial charge in [-0.25, -0.2) is 0 Å². The molecule has 2 N–H and O–H groups in total. The molecule has 0 bridgehead atoms. The number of fused-ring (bicyclic) bond motifs is 1. The minimum atomic E-state index is 0.218. The molecule has 116 valence electrons. The number of nitrogens with two attached hydrogens (primary N) is 1. The van der Waals surface area contributed by atoms with Crippen LogP contribution in [0.2, 0.25) is 5.02 Å². The van der Waals surface area contributed by atoms with E-state index in [0.29, 0.717) is 12.6 Å². The molecule has 0 aliphatic carbocycles. The van der Waals surface area contributed by atoms with Crippen LogP contribution in [0.4, 0.5) is 0 Å². The predicted octanol–water partition coefficient (Wildman–Crippen LogP) is 3.27. The van der Waals surface area contributed by atoms with Crippen molar-refractivity contribution in [2.75, 3.05) is 32.7 Å². The summed E-state index contributed by atoms with van der Waals surface area (Å²) in [5, 5.41) is 0.821. The van der Waals surface area contributed by atoms with Crippen molar-refractivity contribution in [2.45, 2.75) is 31.3 Å². The monoisotopic (exact) mass is 371 g/mol. The van der Waals surface area contributed by atoms with Gasteiger partial charge in [-0.05, 0) is 56.1 Å². The van der Waals surface area contributed by atoms with E-state index in [1.807, 2.05) is 12.1 Å². The summed E-state index contributed by atoms with van der Waals surface area (Å²) in [4.78, 5) is 5.19. The third-order valence-corrected chi connectivity index (χ3v) is 5.65. The molecule has 0 aromatic heterocycles. The molecular formula is C16H23BrClN3. The molecule has 2 unspecified atom stereocenters. The summed E-state index contributed by atoms with van der Waals surface area (Å²) in [6.45, 7) is 5.33. The highest BCUT2D eigenvalue weighted by molar-refractivity contribution is 9.10. The van der Waals surface area contributed by atoms with E-state index in [2.05, 4.69) is 31.8 Å². The summed E-state index contributed by atoms with van der Waals surface area (Å²) in [5.41, 5.74) is 7.27. The largest absolute Gasteiger partial charge is 0.329 e. The first-order valence-electron chi connectivity index (χ1n) is 7.82. The SMILES string of the molecule is NCC(c1cc(Br)ccc1Cl)N1CCCN2CCCC2C1. The van der Waals surface area contributed by atoms with Gasteiger partial charge in [-0.2, -0.15) is 0 Å². The molecule has 0 radical (unpaired) electrons. The van der Waals surface area contributed by atoms with Gasteiger partial charge >= 0.3 is 0 Å². The Balaban J connectivity index is 1.83. The molecule has 2 saturated heterocycles. The number of benzene rings is 1. The molecule has 2 aliphatic rings. The van der Waals surface area contributed by atoms with Crippen LogP contribution in [0.1, 0.15) is 30.9 Å². The van der Waals surface area contributed by atoms with Gasteiger partial charge in [0.2, 0.25) is 0 Å². The normalized spacial score (nSPS) is 25.6. The summed E-state index contributed by atoms with van der Waals surface area (Å²) in [6, 6.07) is 6.99. The molecule has 3 rings (SSSR count). The van der Waals surface area contributed by atoms with Gasteiger partial charge in [-0.1, -0.05) is 27.5 Å². The minimum Gasteiger partial charge on any atom is -0.329 e. The Morgan fingerprint density at radius 3 is 2.90 bits per heavy atom. The maximum absolute atomic E-state index is 6.43. The maximum Gasteiger partial charge on any atom is 0.0486 e. The third kappa shape index (κ3) is 3.45. The topological polar surface area (TPSA) is 32.5 Å². The van der Waals surface area contributed by atoms with Crippen molar-refractivity contribution in [1.29, 1.82) is 0 Å².